The monoisotopic (exact) mass is 542 g/mol. The molecule has 1 aliphatic carbocycles. The Bertz CT molecular complexity index is 1020. The number of aliphatic hydroxyl groups is 1. The molecular formula is C26H35ClO10. The van der Waals surface area contributed by atoms with Crippen molar-refractivity contribution in [2.24, 2.45) is 17.3 Å². The zero-order valence-electron chi connectivity index (χ0n) is 21.9. The number of fused-ring (bicyclic) bond motifs is 3. The van der Waals surface area contributed by atoms with Crippen LogP contribution in [0.3, 0.4) is 0 Å². The zero-order valence-corrected chi connectivity index (χ0v) is 22.7. The third-order valence-corrected chi connectivity index (χ3v) is 9.41. The number of hydrogen-bond donors (Lipinski definition) is 1. The first-order valence-corrected chi connectivity index (χ1v) is 13.0. The minimum Gasteiger partial charge on any atom is -0.462 e. The molecule has 3 aliphatic heterocycles. The van der Waals surface area contributed by atoms with Crippen LogP contribution in [0.4, 0.5) is 0 Å². The van der Waals surface area contributed by atoms with Gasteiger partial charge in [-0.15, -0.1) is 11.6 Å². The number of esters is 4. The van der Waals surface area contributed by atoms with Crippen molar-refractivity contribution < 1.29 is 48.0 Å². The van der Waals surface area contributed by atoms with Crippen LogP contribution >= 0.6 is 11.6 Å². The van der Waals surface area contributed by atoms with Gasteiger partial charge in [-0.1, -0.05) is 19.1 Å². The normalized spacial score (nSPS) is 46.9. The van der Waals surface area contributed by atoms with Gasteiger partial charge in [-0.05, 0) is 26.7 Å². The van der Waals surface area contributed by atoms with E-state index in [9.17, 15) is 24.3 Å². The second kappa shape index (κ2) is 9.24. The third-order valence-electron chi connectivity index (χ3n) is 8.87. The fourth-order valence-electron chi connectivity index (χ4n) is 7.19. The van der Waals surface area contributed by atoms with Crippen LogP contribution in [0.5, 0.6) is 0 Å². The van der Waals surface area contributed by atoms with Crippen LogP contribution in [-0.4, -0.2) is 76.1 Å². The van der Waals surface area contributed by atoms with Crippen molar-refractivity contribution in [1.82, 2.24) is 0 Å². The number of ether oxygens (including phenoxy) is 5. The second-order valence-corrected chi connectivity index (χ2v) is 11.6. The van der Waals surface area contributed by atoms with Crippen molar-refractivity contribution in [2.75, 3.05) is 0 Å². The van der Waals surface area contributed by atoms with Crippen molar-refractivity contribution in [1.29, 1.82) is 0 Å². The highest BCUT2D eigenvalue weighted by Gasteiger charge is 2.78. The van der Waals surface area contributed by atoms with E-state index in [0.29, 0.717) is 18.4 Å². The fraction of sp³-hybridized carbons (Fsp3) is 0.769. The molecule has 10 nitrogen and oxygen atoms in total. The van der Waals surface area contributed by atoms with E-state index in [4.69, 9.17) is 35.3 Å². The Morgan fingerprint density at radius 1 is 1.05 bits per heavy atom. The van der Waals surface area contributed by atoms with E-state index in [1.54, 1.807) is 13.8 Å². The number of alkyl halides is 1. The van der Waals surface area contributed by atoms with E-state index < -0.39 is 88.2 Å². The molecular weight excluding hydrogens is 508 g/mol. The van der Waals surface area contributed by atoms with Crippen molar-refractivity contribution in [3.05, 3.63) is 12.2 Å². The summed E-state index contributed by atoms with van der Waals surface area (Å²) in [6.07, 6.45) is -4.26. The summed E-state index contributed by atoms with van der Waals surface area (Å²) in [5.41, 5.74) is -3.89. The predicted molar refractivity (Wildman–Crippen MR) is 128 cm³/mol. The van der Waals surface area contributed by atoms with Crippen LogP contribution in [0.2, 0.25) is 0 Å². The van der Waals surface area contributed by atoms with E-state index in [1.165, 1.54) is 27.7 Å². The lowest BCUT2D eigenvalue weighted by atomic mass is 9.49. The predicted octanol–water partition coefficient (Wildman–Crippen LogP) is 2.22. The molecule has 4 rings (SSSR count). The lowest BCUT2D eigenvalue weighted by Crippen LogP contribution is -2.79. The molecule has 37 heavy (non-hydrogen) atoms. The molecule has 3 saturated heterocycles. The zero-order chi connectivity index (χ0) is 27.7. The summed E-state index contributed by atoms with van der Waals surface area (Å²) in [7, 11) is 0. The molecule has 0 aromatic rings. The van der Waals surface area contributed by atoms with Crippen LogP contribution in [-0.2, 0) is 42.9 Å². The molecule has 11 heteroatoms. The largest absolute Gasteiger partial charge is 0.462 e. The maximum absolute atomic E-state index is 13.0. The van der Waals surface area contributed by atoms with Gasteiger partial charge in [0.05, 0.1) is 17.4 Å². The molecule has 11 atom stereocenters. The average molecular weight is 543 g/mol. The topological polar surface area (TPSA) is 135 Å². The quantitative estimate of drug-likeness (QED) is 0.245. The molecule has 206 valence electrons. The maximum atomic E-state index is 13.0. The Morgan fingerprint density at radius 3 is 2.19 bits per heavy atom. The van der Waals surface area contributed by atoms with E-state index in [2.05, 4.69) is 6.58 Å². The number of rotatable bonds is 3. The first-order chi connectivity index (χ1) is 17.1. The van der Waals surface area contributed by atoms with E-state index in [0.717, 1.165) is 0 Å². The van der Waals surface area contributed by atoms with Crippen molar-refractivity contribution in [3.63, 3.8) is 0 Å². The van der Waals surface area contributed by atoms with Crippen LogP contribution in [0, 0.1) is 17.3 Å². The molecule has 1 N–H and O–H groups in total. The summed E-state index contributed by atoms with van der Waals surface area (Å²) in [5, 5.41) is 11.3. The molecule has 2 bridgehead atoms. The van der Waals surface area contributed by atoms with Crippen molar-refractivity contribution in [2.45, 2.75) is 108 Å². The third kappa shape index (κ3) is 4.06. The minimum absolute atomic E-state index is 0.00764. The number of carbonyl (C=O) groups excluding carboxylic acids is 4. The highest BCUT2D eigenvalue weighted by atomic mass is 35.5. The summed E-state index contributed by atoms with van der Waals surface area (Å²) in [4.78, 5) is 49.8. The van der Waals surface area contributed by atoms with Gasteiger partial charge in [-0.3, -0.25) is 19.2 Å². The summed E-state index contributed by atoms with van der Waals surface area (Å²) >= 11 is 6.80. The highest BCUT2D eigenvalue weighted by molar-refractivity contribution is 6.23. The van der Waals surface area contributed by atoms with Gasteiger partial charge in [-0.2, -0.15) is 0 Å². The smallest absolute Gasteiger partial charge is 0.312 e. The second-order valence-electron chi connectivity index (χ2n) is 11.2. The van der Waals surface area contributed by atoms with Gasteiger partial charge >= 0.3 is 23.9 Å². The first-order valence-electron chi connectivity index (χ1n) is 12.5. The summed E-state index contributed by atoms with van der Waals surface area (Å²) in [5.74, 6) is -4.43. The van der Waals surface area contributed by atoms with Gasteiger partial charge in [0, 0.05) is 38.5 Å². The number of hydrogen-bond acceptors (Lipinski definition) is 10. The molecule has 1 spiro atoms. The van der Waals surface area contributed by atoms with E-state index in [-0.39, 0.29) is 6.42 Å². The summed E-state index contributed by atoms with van der Waals surface area (Å²) in [6.45, 7) is 12.7. The van der Waals surface area contributed by atoms with Gasteiger partial charge < -0.3 is 28.8 Å². The van der Waals surface area contributed by atoms with Gasteiger partial charge in [0.15, 0.2) is 11.7 Å². The Morgan fingerprint density at radius 2 is 1.62 bits per heavy atom. The Balaban J connectivity index is 2.01. The van der Waals surface area contributed by atoms with Crippen molar-refractivity contribution in [3.8, 4) is 0 Å². The van der Waals surface area contributed by atoms with Crippen LogP contribution in [0.1, 0.15) is 60.8 Å². The molecule has 0 aromatic carbocycles. The number of carbonyl (C=O) groups is 4. The van der Waals surface area contributed by atoms with Crippen LogP contribution in [0.15, 0.2) is 12.2 Å². The van der Waals surface area contributed by atoms with Gasteiger partial charge in [0.1, 0.15) is 23.9 Å². The van der Waals surface area contributed by atoms with Gasteiger partial charge in [0.25, 0.3) is 0 Å². The highest BCUT2D eigenvalue weighted by Crippen LogP contribution is 2.64. The van der Waals surface area contributed by atoms with Crippen molar-refractivity contribution >= 4 is 35.5 Å². The lowest BCUT2D eigenvalue weighted by Gasteiger charge is -2.66. The van der Waals surface area contributed by atoms with Crippen LogP contribution < -0.4 is 0 Å². The Hall–Kier alpha value is -2.17. The molecule has 4 aliphatic rings. The summed E-state index contributed by atoms with van der Waals surface area (Å²) < 4.78 is 29.8. The van der Waals surface area contributed by atoms with E-state index in [1.807, 2.05) is 0 Å². The standard InChI is InChI=1S/C26H35ClO10/c1-11-8-9-16-24(6)17(33-13(3)28)10-18(34-14(4)29)25(7,32)20(24)22(35-15(5)30)26(37-16)12(2)23(31)36-21(26)19(11)27/h12,16-22,32H,1,8-10H2,2-7H3/t12?,16-,17?,18?,19?,20?,21?,22-,24+,25-,26?/m1/s1. The SMILES string of the molecule is C=C1CC[C@H]2OC3(C(C)C(=O)OC3C1Cl)[C@H](OC(C)=O)C1[C@](C)(O)C(OC(C)=O)CC(OC(C)=O)[C@@]12C. The van der Waals surface area contributed by atoms with Gasteiger partial charge in [-0.25, -0.2) is 0 Å². The van der Waals surface area contributed by atoms with Gasteiger partial charge in [0.2, 0.25) is 0 Å². The molecule has 4 fully saturated rings. The number of halogens is 1. The fourth-order valence-corrected chi connectivity index (χ4v) is 7.55. The minimum atomic E-state index is -1.79. The molecule has 3 heterocycles. The maximum Gasteiger partial charge on any atom is 0.312 e. The Kier molecular flexibility index (Phi) is 6.95. The van der Waals surface area contributed by atoms with E-state index >= 15 is 0 Å². The Labute approximate surface area is 220 Å². The molecule has 0 radical (unpaired) electrons. The molecule has 1 saturated carbocycles. The average Bonchev–Trinajstić information content (AvgIpc) is 3.01. The summed E-state index contributed by atoms with van der Waals surface area (Å²) in [6, 6.07) is 0. The lowest BCUT2D eigenvalue weighted by molar-refractivity contribution is -0.355. The molecule has 7 unspecified atom stereocenters. The van der Waals surface area contributed by atoms with Crippen LogP contribution in [0.25, 0.3) is 0 Å². The first kappa shape index (κ1) is 27.9. The molecule has 0 amide bonds. The molecule has 0 aromatic heterocycles.